The summed E-state index contributed by atoms with van der Waals surface area (Å²) in [6, 6.07) is 0. The predicted octanol–water partition coefficient (Wildman–Crippen LogP) is 6.09. The summed E-state index contributed by atoms with van der Waals surface area (Å²) >= 11 is 0. The summed E-state index contributed by atoms with van der Waals surface area (Å²) in [4.78, 5) is 23.3. The Morgan fingerprint density at radius 2 is 1.28 bits per heavy atom. The highest BCUT2D eigenvalue weighted by atomic mass is 17.2. The predicted molar refractivity (Wildman–Crippen MR) is 101 cm³/mol. The van der Waals surface area contributed by atoms with Gasteiger partial charge in [0.25, 0.3) is 0 Å². The van der Waals surface area contributed by atoms with Gasteiger partial charge in [-0.1, -0.05) is 20.8 Å². The number of carbonyl (C=O) groups is 1. The summed E-state index contributed by atoms with van der Waals surface area (Å²) in [5.74, 6) is 0.314. The first kappa shape index (κ1) is 20.0. The molecule has 0 bridgehead atoms. The molecule has 0 amide bonds. The molecule has 1 aliphatic carbocycles. The summed E-state index contributed by atoms with van der Waals surface area (Å²) in [7, 11) is 0. The smallest absolute Gasteiger partial charge is 0.292 e. The van der Waals surface area contributed by atoms with Gasteiger partial charge in [-0.15, -0.1) is 0 Å². The average Bonchev–Trinajstić information content (AvgIpc) is 2.56. The van der Waals surface area contributed by atoms with E-state index in [0.29, 0.717) is 16.9 Å². The number of carbonyl (C=O) groups excluding carboxylic acids is 1. The molecule has 3 heteroatoms. The van der Waals surface area contributed by atoms with Gasteiger partial charge in [0.05, 0.1) is 5.56 Å². The van der Waals surface area contributed by atoms with Crippen LogP contribution >= 0.6 is 0 Å². The van der Waals surface area contributed by atoms with E-state index in [-0.39, 0.29) is 5.97 Å². The standard InChI is InChI=1S/C22H33O3/c1-13-14(2)16(4)20(17(5)15(13)3)21(23)25-24-19-11-9-18(10-12-19)22(6,7)8/h18H,9-12H2,1-8H3. The Morgan fingerprint density at radius 1 is 0.840 bits per heavy atom. The van der Waals surface area contributed by atoms with Gasteiger partial charge < -0.3 is 0 Å². The quantitative estimate of drug-likeness (QED) is 0.491. The van der Waals surface area contributed by atoms with Crippen LogP contribution in [0.15, 0.2) is 0 Å². The zero-order valence-electron chi connectivity index (χ0n) is 17.1. The largest absolute Gasteiger partial charge is 0.373 e. The van der Waals surface area contributed by atoms with E-state index in [2.05, 4.69) is 41.5 Å². The van der Waals surface area contributed by atoms with Crippen LogP contribution in [0.1, 0.15) is 84.6 Å². The number of rotatable bonds is 3. The van der Waals surface area contributed by atoms with Crippen molar-refractivity contribution in [2.24, 2.45) is 11.3 Å². The maximum Gasteiger partial charge on any atom is 0.373 e. The van der Waals surface area contributed by atoms with Gasteiger partial charge in [0.1, 0.15) is 6.10 Å². The number of benzene rings is 1. The summed E-state index contributed by atoms with van der Waals surface area (Å²) in [5, 5.41) is 0. The molecule has 0 N–H and O–H groups in total. The third-order valence-electron chi connectivity index (χ3n) is 6.21. The first-order valence-corrected chi connectivity index (χ1v) is 9.34. The summed E-state index contributed by atoms with van der Waals surface area (Å²) in [5.41, 5.74) is 6.47. The van der Waals surface area contributed by atoms with Crippen LogP contribution in [0.5, 0.6) is 0 Å². The first-order valence-electron chi connectivity index (χ1n) is 9.34. The van der Waals surface area contributed by atoms with Crippen LogP contribution in [0, 0.1) is 52.1 Å². The van der Waals surface area contributed by atoms with Crippen LogP contribution < -0.4 is 0 Å². The van der Waals surface area contributed by atoms with Crippen molar-refractivity contribution in [3.63, 3.8) is 0 Å². The van der Waals surface area contributed by atoms with Crippen LogP contribution in [0.2, 0.25) is 0 Å². The fraction of sp³-hybridized carbons (Fsp3) is 0.636. The molecule has 0 saturated heterocycles. The molecule has 0 aliphatic heterocycles. The molecule has 1 saturated carbocycles. The summed E-state index contributed by atoms with van der Waals surface area (Å²) < 4.78 is 0. The minimum absolute atomic E-state index is 0.327. The normalized spacial score (nSPS) is 17.0. The summed E-state index contributed by atoms with van der Waals surface area (Å²) in [6.45, 7) is 17.0. The Hall–Kier alpha value is -1.35. The van der Waals surface area contributed by atoms with Crippen molar-refractivity contribution >= 4 is 5.97 Å². The van der Waals surface area contributed by atoms with Crippen molar-refractivity contribution in [3.8, 4) is 0 Å². The van der Waals surface area contributed by atoms with E-state index in [1.165, 1.54) is 5.56 Å². The van der Waals surface area contributed by atoms with Gasteiger partial charge in [0.2, 0.25) is 0 Å². The Morgan fingerprint density at radius 3 is 1.72 bits per heavy atom. The monoisotopic (exact) mass is 345 g/mol. The lowest BCUT2D eigenvalue weighted by atomic mass is 9.72. The van der Waals surface area contributed by atoms with Crippen molar-refractivity contribution in [2.75, 3.05) is 0 Å². The van der Waals surface area contributed by atoms with E-state index in [0.717, 1.165) is 54.0 Å². The second-order valence-corrected chi connectivity index (χ2v) is 8.63. The van der Waals surface area contributed by atoms with Crippen molar-refractivity contribution in [3.05, 3.63) is 39.5 Å². The topological polar surface area (TPSA) is 35.5 Å². The van der Waals surface area contributed by atoms with Gasteiger partial charge >= 0.3 is 5.97 Å². The van der Waals surface area contributed by atoms with Gasteiger partial charge in [-0.05, 0) is 99.5 Å². The second kappa shape index (κ2) is 7.49. The summed E-state index contributed by atoms with van der Waals surface area (Å²) in [6.07, 6.45) is 4.83. The Bertz CT molecular complexity index is 615. The van der Waals surface area contributed by atoms with E-state index in [1.807, 2.05) is 13.8 Å². The van der Waals surface area contributed by atoms with Gasteiger partial charge in [-0.2, -0.15) is 4.89 Å². The first-order chi connectivity index (χ1) is 11.5. The third kappa shape index (κ3) is 4.25. The molecule has 1 radical (unpaired) electrons. The van der Waals surface area contributed by atoms with Crippen LogP contribution in [0.25, 0.3) is 0 Å². The Labute approximate surface area is 153 Å². The Kier molecular flexibility index (Phi) is 5.98. The number of hydrogen-bond donors (Lipinski definition) is 0. The molecule has 0 aromatic heterocycles. The molecule has 1 aromatic rings. The van der Waals surface area contributed by atoms with Gasteiger partial charge in [-0.25, -0.2) is 4.79 Å². The molecule has 25 heavy (non-hydrogen) atoms. The molecule has 0 heterocycles. The molecule has 139 valence electrons. The SMILES string of the molecule is Cc1c(C)c(C)c(C(=O)OO[C]2CCC(C(C)(C)C)CC2)c(C)c1C. The molecule has 3 nitrogen and oxygen atoms in total. The van der Waals surface area contributed by atoms with Crippen molar-refractivity contribution in [1.29, 1.82) is 0 Å². The molecule has 0 unspecified atom stereocenters. The van der Waals surface area contributed by atoms with Crippen LogP contribution in [0.4, 0.5) is 0 Å². The molecule has 0 atom stereocenters. The van der Waals surface area contributed by atoms with Gasteiger partial charge in [0, 0.05) is 0 Å². The molecule has 2 rings (SSSR count). The molecule has 1 fully saturated rings. The van der Waals surface area contributed by atoms with Gasteiger partial charge in [0.15, 0.2) is 0 Å². The molecular weight excluding hydrogens is 312 g/mol. The highest BCUT2D eigenvalue weighted by Crippen LogP contribution is 2.41. The lowest BCUT2D eigenvalue weighted by Crippen LogP contribution is -2.26. The zero-order chi connectivity index (χ0) is 18.9. The van der Waals surface area contributed by atoms with E-state index >= 15 is 0 Å². The fourth-order valence-corrected chi connectivity index (χ4v) is 3.83. The van der Waals surface area contributed by atoms with Crippen molar-refractivity contribution < 1.29 is 14.6 Å². The highest BCUT2D eigenvalue weighted by molar-refractivity contribution is 5.93. The van der Waals surface area contributed by atoms with Crippen LogP contribution in [0.3, 0.4) is 0 Å². The average molecular weight is 346 g/mol. The zero-order valence-corrected chi connectivity index (χ0v) is 17.1. The number of hydrogen-bond acceptors (Lipinski definition) is 3. The van der Waals surface area contributed by atoms with Crippen molar-refractivity contribution in [1.82, 2.24) is 0 Å². The fourth-order valence-electron chi connectivity index (χ4n) is 3.83. The second-order valence-electron chi connectivity index (χ2n) is 8.63. The molecule has 1 aromatic carbocycles. The van der Waals surface area contributed by atoms with E-state index < -0.39 is 0 Å². The minimum atomic E-state index is -0.383. The highest BCUT2D eigenvalue weighted by Gasteiger charge is 2.32. The van der Waals surface area contributed by atoms with E-state index in [9.17, 15) is 4.79 Å². The van der Waals surface area contributed by atoms with Crippen molar-refractivity contribution in [2.45, 2.75) is 81.1 Å². The van der Waals surface area contributed by atoms with Gasteiger partial charge in [-0.3, -0.25) is 4.89 Å². The lowest BCUT2D eigenvalue weighted by Gasteiger charge is -2.35. The van der Waals surface area contributed by atoms with E-state index in [1.54, 1.807) is 0 Å². The third-order valence-corrected chi connectivity index (χ3v) is 6.21. The molecule has 0 spiro atoms. The minimum Gasteiger partial charge on any atom is -0.292 e. The molecule has 1 aliphatic rings. The van der Waals surface area contributed by atoms with Crippen LogP contribution in [-0.2, 0) is 9.78 Å². The maximum absolute atomic E-state index is 12.6. The lowest BCUT2D eigenvalue weighted by molar-refractivity contribution is -0.241. The maximum atomic E-state index is 12.6. The van der Waals surface area contributed by atoms with Crippen LogP contribution in [-0.4, -0.2) is 5.97 Å². The molecular formula is C22H33O3. The Balaban J connectivity index is 2.01. The van der Waals surface area contributed by atoms with E-state index in [4.69, 9.17) is 9.78 Å².